The van der Waals surface area contributed by atoms with E-state index < -0.39 is 11.7 Å². The smallest absolute Gasteiger partial charge is 0.370 e. The molecule has 2 aromatic rings. The van der Waals surface area contributed by atoms with Crippen molar-refractivity contribution in [2.24, 2.45) is 0 Å². The minimum absolute atomic E-state index is 0.238. The SMILES string of the molecule is CCNc1cc(C(F)(F)F)cc(-c2ccc(C)cc2C)n1. The molecule has 0 unspecified atom stereocenters. The first kappa shape index (κ1) is 15.4. The number of hydrogen-bond acceptors (Lipinski definition) is 2. The molecule has 0 aliphatic rings. The molecule has 0 bridgehead atoms. The molecule has 1 heterocycles. The van der Waals surface area contributed by atoms with Crippen molar-refractivity contribution >= 4 is 5.82 Å². The molecule has 0 saturated heterocycles. The fraction of sp³-hybridized carbons (Fsp3) is 0.312. The molecule has 1 aromatic heterocycles. The number of hydrogen-bond donors (Lipinski definition) is 1. The zero-order valence-electron chi connectivity index (χ0n) is 12.2. The van der Waals surface area contributed by atoms with E-state index in [1.807, 2.05) is 39.0 Å². The van der Waals surface area contributed by atoms with Gasteiger partial charge in [-0.25, -0.2) is 4.98 Å². The lowest BCUT2D eigenvalue weighted by Gasteiger charge is -2.13. The summed E-state index contributed by atoms with van der Waals surface area (Å²) in [5.41, 5.74) is 2.33. The number of pyridine rings is 1. The van der Waals surface area contributed by atoms with E-state index in [2.05, 4.69) is 10.3 Å². The van der Waals surface area contributed by atoms with E-state index in [-0.39, 0.29) is 5.82 Å². The Morgan fingerprint density at radius 3 is 2.38 bits per heavy atom. The molecular weight excluding hydrogens is 277 g/mol. The van der Waals surface area contributed by atoms with Gasteiger partial charge in [-0.3, -0.25) is 0 Å². The van der Waals surface area contributed by atoms with Crippen molar-refractivity contribution in [2.75, 3.05) is 11.9 Å². The second-order valence-corrected chi connectivity index (χ2v) is 4.97. The first-order valence-corrected chi connectivity index (χ1v) is 6.72. The largest absolute Gasteiger partial charge is 0.416 e. The summed E-state index contributed by atoms with van der Waals surface area (Å²) in [5, 5.41) is 2.85. The van der Waals surface area contributed by atoms with E-state index in [4.69, 9.17) is 0 Å². The summed E-state index contributed by atoms with van der Waals surface area (Å²) in [7, 11) is 0. The zero-order chi connectivity index (χ0) is 15.6. The van der Waals surface area contributed by atoms with Crippen LogP contribution in [0.1, 0.15) is 23.6 Å². The van der Waals surface area contributed by atoms with Crippen LogP contribution in [0.4, 0.5) is 19.0 Å². The Balaban J connectivity index is 2.59. The molecule has 2 nitrogen and oxygen atoms in total. The number of aryl methyl sites for hydroxylation is 2. The van der Waals surface area contributed by atoms with Crippen LogP contribution in [0.15, 0.2) is 30.3 Å². The molecule has 0 atom stereocenters. The Hall–Kier alpha value is -2.04. The summed E-state index contributed by atoms with van der Waals surface area (Å²) in [4.78, 5) is 4.29. The van der Waals surface area contributed by atoms with Gasteiger partial charge in [0.05, 0.1) is 11.3 Å². The summed E-state index contributed by atoms with van der Waals surface area (Å²) in [5.74, 6) is 0.238. The number of anilines is 1. The molecule has 2 rings (SSSR count). The summed E-state index contributed by atoms with van der Waals surface area (Å²) in [6, 6.07) is 7.75. The highest BCUT2D eigenvalue weighted by Crippen LogP contribution is 2.34. The van der Waals surface area contributed by atoms with Gasteiger partial charge in [-0.15, -0.1) is 0 Å². The maximum absolute atomic E-state index is 13.0. The summed E-state index contributed by atoms with van der Waals surface area (Å²) in [6.07, 6.45) is -4.39. The van der Waals surface area contributed by atoms with Crippen LogP contribution in [0.25, 0.3) is 11.3 Å². The van der Waals surface area contributed by atoms with Gasteiger partial charge in [0.25, 0.3) is 0 Å². The predicted octanol–water partition coefficient (Wildman–Crippen LogP) is 4.82. The molecule has 112 valence electrons. The third kappa shape index (κ3) is 3.54. The van der Waals surface area contributed by atoms with Crippen LogP contribution in [-0.2, 0) is 6.18 Å². The average Bonchev–Trinajstić information content (AvgIpc) is 2.37. The van der Waals surface area contributed by atoms with E-state index in [1.165, 1.54) is 0 Å². The molecule has 0 amide bonds. The van der Waals surface area contributed by atoms with Crippen molar-refractivity contribution < 1.29 is 13.2 Å². The van der Waals surface area contributed by atoms with Crippen LogP contribution in [0, 0.1) is 13.8 Å². The molecule has 0 saturated carbocycles. The number of rotatable bonds is 3. The molecule has 0 spiro atoms. The van der Waals surface area contributed by atoms with Gasteiger partial charge in [0.2, 0.25) is 0 Å². The molecule has 0 aliphatic heterocycles. The first-order valence-electron chi connectivity index (χ1n) is 6.72. The van der Waals surface area contributed by atoms with Gasteiger partial charge >= 0.3 is 6.18 Å². The van der Waals surface area contributed by atoms with Crippen molar-refractivity contribution in [3.63, 3.8) is 0 Å². The zero-order valence-corrected chi connectivity index (χ0v) is 12.2. The van der Waals surface area contributed by atoms with E-state index in [9.17, 15) is 13.2 Å². The predicted molar refractivity (Wildman–Crippen MR) is 78.3 cm³/mol. The van der Waals surface area contributed by atoms with E-state index in [1.54, 1.807) is 0 Å². The van der Waals surface area contributed by atoms with Gasteiger partial charge in [0, 0.05) is 12.1 Å². The topological polar surface area (TPSA) is 24.9 Å². The molecule has 0 fully saturated rings. The van der Waals surface area contributed by atoms with Crippen LogP contribution < -0.4 is 5.32 Å². The maximum atomic E-state index is 13.0. The monoisotopic (exact) mass is 294 g/mol. The Morgan fingerprint density at radius 1 is 1.10 bits per heavy atom. The van der Waals surface area contributed by atoms with Crippen LogP contribution in [0.5, 0.6) is 0 Å². The normalized spacial score (nSPS) is 11.5. The summed E-state index contributed by atoms with van der Waals surface area (Å²) in [6.45, 7) is 6.15. The number of halogens is 3. The molecule has 1 aromatic carbocycles. The third-order valence-electron chi connectivity index (χ3n) is 3.17. The van der Waals surface area contributed by atoms with Crippen molar-refractivity contribution in [3.8, 4) is 11.3 Å². The minimum Gasteiger partial charge on any atom is -0.370 e. The number of nitrogens with one attached hydrogen (secondary N) is 1. The number of aromatic nitrogens is 1. The lowest BCUT2D eigenvalue weighted by atomic mass is 10.0. The molecule has 5 heteroatoms. The van der Waals surface area contributed by atoms with E-state index >= 15 is 0 Å². The quantitative estimate of drug-likeness (QED) is 0.878. The van der Waals surface area contributed by atoms with Gasteiger partial charge in [0.15, 0.2) is 0 Å². The molecule has 21 heavy (non-hydrogen) atoms. The van der Waals surface area contributed by atoms with Crippen LogP contribution in [-0.4, -0.2) is 11.5 Å². The highest BCUT2D eigenvalue weighted by molar-refractivity contribution is 5.66. The highest BCUT2D eigenvalue weighted by atomic mass is 19.4. The van der Waals surface area contributed by atoms with E-state index in [0.29, 0.717) is 17.8 Å². The number of alkyl halides is 3. The lowest BCUT2D eigenvalue weighted by molar-refractivity contribution is -0.137. The maximum Gasteiger partial charge on any atom is 0.416 e. The Kier molecular flexibility index (Phi) is 4.21. The molecular formula is C16H17F3N2. The Morgan fingerprint density at radius 2 is 1.81 bits per heavy atom. The van der Waals surface area contributed by atoms with Crippen LogP contribution in [0.3, 0.4) is 0 Å². The number of benzene rings is 1. The second-order valence-electron chi connectivity index (χ2n) is 4.97. The van der Waals surface area contributed by atoms with Crippen LogP contribution in [0.2, 0.25) is 0 Å². The Labute approximate surface area is 122 Å². The summed E-state index contributed by atoms with van der Waals surface area (Å²) >= 11 is 0. The van der Waals surface area contributed by atoms with Crippen molar-refractivity contribution in [2.45, 2.75) is 26.9 Å². The van der Waals surface area contributed by atoms with Crippen LogP contribution >= 0.6 is 0 Å². The standard InChI is InChI=1S/C16H17F3N2/c1-4-20-15-9-12(16(17,18)19)8-14(21-15)13-6-5-10(2)7-11(13)3/h5-9H,4H2,1-3H3,(H,20,21). The Bertz CT molecular complexity index is 648. The fourth-order valence-electron chi connectivity index (χ4n) is 2.20. The third-order valence-corrected chi connectivity index (χ3v) is 3.17. The molecule has 1 N–H and O–H groups in total. The molecule has 0 aliphatic carbocycles. The van der Waals surface area contributed by atoms with Gasteiger partial charge in [-0.05, 0) is 38.5 Å². The first-order chi connectivity index (χ1) is 9.81. The van der Waals surface area contributed by atoms with Gasteiger partial charge in [0.1, 0.15) is 5.82 Å². The molecule has 0 radical (unpaired) electrons. The highest BCUT2D eigenvalue weighted by Gasteiger charge is 2.31. The van der Waals surface area contributed by atoms with Gasteiger partial charge in [-0.1, -0.05) is 23.8 Å². The van der Waals surface area contributed by atoms with Gasteiger partial charge in [-0.2, -0.15) is 13.2 Å². The van der Waals surface area contributed by atoms with E-state index in [0.717, 1.165) is 23.3 Å². The summed E-state index contributed by atoms with van der Waals surface area (Å²) < 4.78 is 39.0. The fourth-order valence-corrected chi connectivity index (χ4v) is 2.20. The second kappa shape index (κ2) is 5.76. The minimum atomic E-state index is -4.39. The van der Waals surface area contributed by atoms with Crippen molar-refractivity contribution in [1.82, 2.24) is 4.98 Å². The lowest BCUT2D eigenvalue weighted by Crippen LogP contribution is -2.09. The van der Waals surface area contributed by atoms with Crippen molar-refractivity contribution in [1.29, 1.82) is 0 Å². The average molecular weight is 294 g/mol. The van der Waals surface area contributed by atoms with Gasteiger partial charge < -0.3 is 5.32 Å². The number of nitrogens with zero attached hydrogens (tertiary/aromatic N) is 1. The van der Waals surface area contributed by atoms with Crippen molar-refractivity contribution in [3.05, 3.63) is 47.0 Å².